The lowest BCUT2D eigenvalue weighted by Gasteiger charge is -2.23. The number of para-hydroxylation sites is 1. The number of hydrogen-bond acceptors (Lipinski definition) is 10. The molecule has 0 aliphatic heterocycles. The average Bonchev–Trinajstić information content (AvgIpc) is 3.51. The summed E-state index contributed by atoms with van der Waals surface area (Å²) in [6.07, 6.45) is 5.01. The van der Waals surface area contributed by atoms with E-state index < -0.39 is 21.4 Å². The van der Waals surface area contributed by atoms with E-state index in [1.54, 1.807) is 33.6 Å². The molecule has 0 saturated heterocycles. The van der Waals surface area contributed by atoms with Crippen molar-refractivity contribution in [3.05, 3.63) is 53.3 Å². The molecule has 1 aromatic carbocycles. The predicted octanol–water partition coefficient (Wildman–Crippen LogP) is 3.60. The Labute approximate surface area is 237 Å². The summed E-state index contributed by atoms with van der Waals surface area (Å²) in [5.41, 5.74) is 2.01. The summed E-state index contributed by atoms with van der Waals surface area (Å²) in [6.45, 7) is 3.54. The molecule has 0 aliphatic rings. The SMILES string of the molecule is CCCc1c(-c2nnc(NS(=O)(=O)[C@@H](C)[C@H](OC)c3ncc(Cl)cn3)n2-c2c(OC)cccc2OC)cnn1C. The third-order valence-electron chi connectivity index (χ3n) is 6.38. The van der Waals surface area contributed by atoms with Gasteiger partial charge >= 0.3 is 0 Å². The largest absolute Gasteiger partial charge is 0.494 e. The van der Waals surface area contributed by atoms with E-state index in [2.05, 4.69) is 36.9 Å². The van der Waals surface area contributed by atoms with Crippen LogP contribution in [-0.4, -0.2) is 69.5 Å². The van der Waals surface area contributed by atoms with E-state index in [0.717, 1.165) is 18.5 Å². The fraction of sp³-hybridized carbons (Fsp3) is 0.400. The van der Waals surface area contributed by atoms with Gasteiger partial charge in [0.1, 0.15) is 28.5 Å². The first-order chi connectivity index (χ1) is 19.2. The highest BCUT2D eigenvalue weighted by atomic mass is 35.5. The molecule has 4 rings (SSSR count). The van der Waals surface area contributed by atoms with Gasteiger partial charge in [-0.1, -0.05) is 31.0 Å². The molecule has 0 amide bonds. The van der Waals surface area contributed by atoms with E-state index in [1.807, 2.05) is 7.05 Å². The minimum absolute atomic E-state index is 0.0807. The molecule has 0 radical (unpaired) electrons. The zero-order valence-electron chi connectivity index (χ0n) is 23.0. The van der Waals surface area contributed by atoms with Gasteiger partial charge in [0.05, 0.1) is 31.0 Å². The first-order valence-electron chi connectivity index (χ1n) is 12.4. The van der Waals surface area contributed by atoms with Crippen LogP contribution in [0.25, 0.3) is 17.1 Å². The van der Waals surface area contributed by atoms with E-state index in [4.69, 9.17) is 25.8 Å². The number of anilines is 1. The van der Waals surface area contributed by atoms with Crippen molar-refractivity contribution >= 4 is 27.6 Å². The minimum atomic E-state index is -4.15. The number of hydrogen-bond donors (Lipinski definition) is 1. The zero-order chi connectivity index (χ0) is 29.0. The number of nitrogens with one attached hydrogen (secondary N) is 1. The highest BCUT2D eigenvalue weighted by Crippen LogP contribution is 2.39. The molecule has 0 spiro atoms. The molecule has 214 valence electrons. The Morgan fingerprint density at radius 2 is 1.70 bits per heavy atom. The fourth-order valence-corrected chi connectivity index (χ4v) is 5.56. The number of halogens is 1. The maximum Gasteiger partial charge on any atom is 0.243 e. The van der Waals surface area contributed by atoms with Crippen LogP contribution >= 0.6 is 11.6 Å². The second-order valence-corrected chi connectivity index (χ2v) is 11.3. The summed E-state index contributed by atoms with van der Waals surface area (Å²) < 4.78 is 50.1. The normalized spacial score (nSPS) is 13.2. The van der Waals surface area contributed by atoms with Gasteiger partial charge < -0.3 is 14.2 Å². The lowest BCUT2D eigenvalue weighted by Crippen LogP contribution is -2.33. The fourth-order valence-electron chi connectivity index (χ4n) is 4.33. The average molecular weight is 591 g/mol. The van der Waals surface area contributed by atoms with E-state index in [9.17, 15) is 8.42 Å². The van der Waals surface area contributed by atoms with Gasteiger partial charge in [-0.2, -0.15) is 5.10 Å². The third kappa shape index (κ3) is 5.60. The summed E-state index contributed by atoms with van der Waals surface area (Å²) in [4.78, 5) is 8.28. The summed E-state index contributed by atoms with van der Waals surface area (Å²) in [7, 11) is 2.09. The maximum absolute atomic E-state index is 13.7. The van der Waals surface area contributed by atoms with Crippen molar-refractivity contribution in [2.45, 2.75) is 38.0 Å². The maximum atomic E-state index is 13.7. The number of benzene rings is 1. The Morgan fingerprint density at radius 3 is 2.27 bits per heavy atom. The molecule has 13 nitrogen and oxygen atoms in total. The third-order valence-corrected chi connectivity index (χ3v) is 8.26. The molecule has 0 aliphatic carbocycles. The van der Waals surface area contributed by atoms with Crippen molar-refractivity contribution in [3.8, 4) is 28.6 Å². The van der Waals surface area contributed by atoms with Crippen molar-refractivity contribution in [3.63, 3.8) is 0 Å². The summed E-state index contributed by atoms with van der Waals surface area (Å²) in [5, 5.41) is 12.2. The number of ether oxygens (including phenoxy) is 3. The number of methoxy groups -OCH3 is 3. The first-order valence-corrected chi connectivity index (χ1v) is 14.3. The monoisotopic (exact) mass is 590 g/mol. The Kier molecular flexibility index (Phi) is 8.91. The van der Waals surface area contributed by atoms with E-state index in [-0.39, 0.29) is 11.8 Å². The lowest BCUT2D eigenvalue weighted by molar-refractivity contribution is 0.0950. The van der Waals surface area contributed by atoms with Crippen LogP contribution in [0.1, 0.15) is 37.9 Å². The van der Waals surface area contributed by atoms with Gasteiger partial charge in [-0.15, -0.1) is 10.2 Å². The van der Waals surface area contributed by atoms with Crippen molar-refractivity contribution < 1.29 is 22.6 Å². The van der Waals surface area contributed by atoms with Gasteiger partial charge in [0.2, 0.25) is 16.0 Å². The molecule has 1 N–H and O–H groups in total. The van der Waals surface area contributed by atoms with E-state index >= 15 is 0 Å². The molecule has 2 atom stereocenters. The molecular weight excluding hydrogens is 560 g/mol. The molecule has 0 fully saturated rings. The molecule has 3 aromatic heterocycles. The summed E-state index contributed by atoms with van der Waals surface area (Å²) >= 11 is 5.91. The van der Waals surface area contributed by atoms with Crippen LogP contribution in [0.5, 0.6) is 11.5 Å². The Bertz CT molecular complexity index is 1550. The molecule has 4 aromatic rings. The van der Waals surface area contributed by atoms with Gasteiger partial charge in [0, 0.05) is 32.2 Å². The van der Waals surface area contributed by atoms with Crippen LogP contribution in [0.3, 0.4) is 0 Å². The molecule has 15 heteroatoms. The first kappa shape index (κ1) is 29.2. The van der Waals surface area contributed by atoms with Gasteiger partial charge in [0.15, 0.2) is 11.6 Å². The van der Waals surface area contributed by atoms with E-state index in [1.165, 1.54) is 40.6 Å². The van der Waals surface area contributed by atoms with E-state index in [0.29, 0.717) is 33.6 Å². The van der Waals surface area contributed by atoms with Gasteiger partial charge in [0.25, 0.3) is 0 Å². The number of aromatic nitrogens is 7. The summed E-state index contributed by atoms with van der Waals surface area (Å²) in [5.74, 6) is 1.27. The zero-order valence-corrected chi connectivity index (χ0v) is 24.6. The van der Waals surface area contributed by atoms with Crippen LogP contribution in [0.2, 0.25) is 5.02 Å². The Morgan fingerprint density at radius 1 is 1.05 bits per heavy atom. The quantitative estimate of drug-likeness (QED) is 0.259. The van der Waals surface area contributed by atoms with Gasteiger partial charge in [-0.25, -0.2) is 18.4 Å². The van der Waals surface area contributed by atoms with Gasteiger partial charge in [-0.05, 0) is 25.5 Å². The lowest BCUT2D eigenvalue weighted by atomic mass is 10.1. The standard InChI is InChI=1S/C25H31ClN8O5S/c1-7-9-18-17(14-29-33(18)3)24-30-31-25(34(24)21-19(37-4)10-8-11-20(21)38-5)32-40(35,36)15(2)22(39-6)23-27-12-16(26)13-28-23/h8,10-15,22H,7,9H2,1-6H3,(H,31,32)/t15-,22-/m0/s1. The number of nitrogens with zero attached hydrogens (tertiary/aromatic N) is 7. The van der Waals surface area contributed by atoms with Crippen molar-refractivity contribution in [1.29, 1.82) is 0 Å². The summed E-state index contributed by atoms with van der Waals surface area (Å²) in [6, 6.07) is 5.23. The molecule has 3 heterocycles. The van der Waals surface area contributed by atoms with Crippen LogP contribution < -0.4 is 14.2 Å². The Balaban J connectivity index is 1.87. The molecule has 40 heavy (non-hydrogen) atoms. The second kappa shape index (κ2) is 12.2. The highest BCUT2D eigenvalue weighted by molar-refractivity contribution is 7.93. The number of sulfonamides is 1. The van der Waals surface area contributed by atoms with Gasteiger partial charge in [-0.3, -0.25) is 14.0 Å². The van der Waals surface area contributed by atoms with Crippen LogP contribution in [-0.2, 0) is 28.2 Å². The number of rotatable bonds is 12. The van der Waals surface area contributed by atoms with Crippen LogP contribution in [0, 0.1) is 0 Å². The van der Waals surface area contributed by atoms with Crippen molar-refractivity contribution in [2.75, 3.05) is 26.1 Å². The van der Waals surface area contributed by atoms with Crippen LogP contribution in [0.4, 0.5) is 5.95 Å². The molecule has 0 bridgehead atoms. The smallest absolute Gasteiger partial charge is 0.243 e. The molecule has 0 saturated carbocycles. The minimum Gasteiger partial charge on any atom is -0.494 e. The molecular formula is C25H31ClN8O5S. The van der Waals surface area contributed by atoms with Crippen molar-refractivity contribution in [1.82, 2.24) is 34.5 Å². The predicted molar refractivity (Wildman–Crippen MR) is 149 cm³/mol. The highest BCUT2D eigenvalue weighted by Gasteiger charge is 2.35. The van der Waals surface area contributed by atoms with Crippen molar-refractivity contribution in [2.24, 2.45) is 7.05 Å². The van der Waals surface area contributed by atoms with Crippen LogP contribution in [0.15, 0.2) is 36.8 Å². The second-order valence-electron chi connectivity index (χ2n) is 8.84. The Hall–Kier alpha value is -3.75. The number of aryl methyl sites for hydroxylation is 1. The molecule has 0 unspecified atom stereocenters. The topological polar surface area (TPSA) is 148 Å².